The zero-order chi connectivity index (χ0) is 12.3. The van der Waals surface area contributed by atoms with Crippen LogP contribution < -0.4 is 9.47 Å². The van der Waals surface area contributed by atoms with Gasteiger partial charge in [-0.2, -0.15) is 0 Å². The Kier molecular flexibility index (Phi) is 3.64. The summed E-state index contributed by atoms with van der Waals surface area (Å²) in [6.45, 7) is 1.43. The molecule has 6 heteroatoms. The molecule has 0 amide bonds. The highest BCUT2D eigenvalue weighted by atomic mass is 19.4. The van der Waals surface area contributed by atoms with Gasteiger partial charge in [-0.15, -0.1) is 13.2 Å². The topological polar surface area (TPSA) is 38.7 Å². The lowest BCUT2D eigenvalue weighted by atomic mass is 10.1. The Morgan fingerprint density at radius 3 is 2.38 bits per heavy atom. The van der Waals surface area contributed by atoms with E-state index in [1.165, 1.54) is 20.1 Å². The highest BCUT2D eigenvalue weighted by Gasteiger charge is 2.31. The molecule has 0 saturated carbocycles. The summed E-state index contributed by atoms with van der Waals surface area (Å²) in [5.74, 6) is -0.0753. The second-order valence-corrected chi connectivity index (χ2v) is 3.13. The molecule has 0 aromatic heterocycles. The van der Waals surface area contributed by atoms with Crippen LogP contribution >= 0.6 is 0 Å². The predicted molar refractivity (Wildman–Crippen MR) is 50.3 cm³/mol. The van der Waals surface area contributed by atoms with Gasteiger partial charge in [-0.1, -0.05) is 0 Å². The molecule has 0 fully saturated rings. The third-order valence-electron chi connectivity index (χ3n) is 1.88. The second-order valence-electron chi connectivity index (χ2n) is 3.13. The molecular formula is C10H11F3O3. The molecule has 1 atom stereocenters. The van der Waals surface area contributed by atoms with E-state index in [4.69, 9.17) is 4.74 Å². The van der Waals surface area contributed by atoms with Crippen molar-refractivity contribution in [2.75, 3.05) is 7.11 Å². The molecule has 0 heterocycles. The van der Waals surface area contributed by atoms with Gasteiger partial charge in [0.1, 0.15) is 11.5 Å². The van der Waals surface area contributed by atoms with Crippen LogP contribution in [0.4, 0.5) is 13.2 Å². The second kappa shape index (κ2) is 4.61. The number of methoxy groups -OCH3 is 1. The summed E-state index contributed by atoms with van der Waals surface area (Å²) in [4.78, 5) is 0. The first-order valence-corrected chi connectivity index (χ1v) is 4.45. The maximum atomic E-state index is 11.9. The van der Waals surface area contributed by atoms with Gasteiger partial charge in [-0.25, -0.2) is 0 Å². The van der Waals surface area contributed by atoms with Crippen LogP contribution in [0.1, 0.15) is 18.6 Å². The molecule has 16 heavy (non-hydrogen) atoms. The first-order valence-electron chi connectivity index (χ1n) is 4.45. The molecule has 0 spiro atoms. The number of aliphatic hydroxyl groups excluding tert-OH is 1. The maximum Gasteiger partial charge on any atom is 0.573 e. The van der Waals surface area contributed by atoms with Crippen molar-refractivity contribution in [3.05, 3.63) is 23.8 Å². The summed E-state index contributed by atoms with van der Waals surface area (Å²) in [6, 6.07) is 3.53. The molecule has 0 aliphatic heterocycles. The highest BCUT2D eigenvalue weighted by molar-refractivity contribution is 5.41. The van der Waals surface area contributed by atoms with Gasteiger partial charge in [-0.05, 0) is 25.1 Å². The minimum absolute atomic E-state index is 0.240. The zero-order valence-electron chi connectivity index (χ0n) is 8.71. The number of halogens is 3. The highest BCUT2D eigenvalue weighted by Crippen LogP contribution is 2.31. The first-order chi connectivity index (χ1) is 7.33. The van der Waals surface area contributed by atoms with Crippen molar-refractivity contribution in [1.29, 1.82) is 0 Å². The molecule has 0 radical (unpaired) electrons. The minimum atomic E-state index is -4.75. The number of alkyl halides is 3. The fourth-order valence-corrected chi connectivity index (χ4v) is 1.24. The van der Waals surface area contributed by atoms with E-state index >= 15 is 0 Å². The van der Waals surface area contributed by atoms with Crippen molar-refractivity contribution >= 4 is 0 Å². The predicted octanol–water partition coefficient (Wildman–Crippen LogP) is 2.65. The minimum Gasteiger partial charge on any atom is -0.496 e. The van der Waals surface area contributed by atoms with Gasteiger partial charge >= 0.3 is 6.36 Å². The van der Waals surface area contributed by atoms with Crippen LogP contribution in [0.25, 0.3) is 0 Å². The van der Waals surface area contributed by atoms with Crippen molar-refractivity contribution in [2.24, 2.45) is 0 Å². The summed E-state index contributed by atoms with van der Waals surface area (Å²) in [5, 5.41) is 9.34. The summed E-state index contributed by atoms with van der Waals surface area (Å²) < 4.78 is 44.4. The van der Waals surface area contributed by atoms with E-state index in [1.54, 1.807) is 0 Å². The summed E-state index contributed by atoms with van der Waals surface area (Å²) in [6.07, 6.45) is -5.68. The van der Waals surface area contributed by atoms with Crippen LogP contribution in [0.3, 0.4) is 0 Å². The Bertz CT molecular complexity index is 361. The molecule has 1 aromatic rings. The van der Waals surface area contributed by atoms with Gasteiger partial charge in [0.2, 0.25) is 0 Å². The van der Waals surface area contributed by atoms with Crippen molar-refractivity contribution in [3.63, 3.8) is 0 Å². The normalized spacial score (nSPS) is 13.4. The Labute approximate surface area is 90.4 Å². The van der Waals surface area contributed by atoms with Gasteiger partial charge in [0.05, 0.1) is 13.2 Å². The molecule has 0 saturated heterocycles. The SMILES string of the molecule is COc1ccc(OC(F)(F)F)cc1[C@@H](C)O. The molecule has 0 aliphatic carbocycles. The Hall–Kier alpha value is -1.43. The molecule has 1 rings (SSSR count). The van der Waals surface area contributed by atoms with Crippen LogP contribution in [0.15, 0.2) is 18.2 Å². The van der Waals surface area contributed by atoms with Crippen LogP contribution in [-0.4, -0.2) is 18.6 Å². The average Bonchev–Trinajstić information content (AvgIpc) is 2.15. The Morgan fingerprint density at radius 2 is 1.94 bits per heavy atom. The quantitative estimate of drug-likeness (QED) is 0.876. The number of ether oxygens (including phenoxy) is 2. The summed E-state index contributed by atoms with van der Waals surface area (Å²) in [7, 11) is 1.37. The molecule has 0 aliphatic rings. The monoisotopic (exact) mass is 236 g/mol. The van der Waals surface area contributed by atoms with Crippen LogP contribution in [0.2, 0.25) is 0 Å². The van der Waals surface area contributed by atoms with Crippen molar-refractivity contribution in [1.82, 2.24) is 0 Å². The molecule has 90 valence electrons. The lowest BCUT2D eigenvalue weighted by molar-refractivity contribution is -0.274. The first kappa shape index (κ1) is 12.6. The van der Waals surface area contributed by atoms with Gasteiger partial charge in [0.15, 0.2) is 0 Å². The van der Waals surface area contributed by atoms with E-state index in [0.29, 0.717) is 5.75 Å². The van der Waals surface area contributed by atoms with Crippen LogP contribution in [-0.2, 0) is 0 Å². The zero-order valence-corrected chi connectivity index (χ0v) is 8.71. The van der Waals surface area contributed by atoms with Crippen LogP contribution in [0.5, 0.6) is 11.5 Å². The van der Waals surface area contributed by atoms with Gasteiger partial charge in [0.25, 0.3) is 0 Å². The third-order valence-corrected chi connectivity index (χ3v) is 1.88. The summed E-state index contributed by atoms with van der Waals surface area (Å²) >= 11 is 0. The maximum absolute atomic E-state index is 11.9. The van der Waals surface area contributed by atoms with Crippen molar-refractivity contribution in [3.8, 4) is 11.5 Å². The Balaban J connectivity index is 3.02. The third kappa shape index (κ3) is 3.30. The largest absolute Gasteiger partial charge is 0.573 e. The van der Waals surface area contributed by atoms with Crippen molar-refractivity contribution < 1.29 is 27.8 Å². The fourth-order valence-electron chi connectivity index (χ4n) is 1.24. The standard InChI is InChI=1S/C10H11F3O3/c1-6(14)8-5-7(16-10(11,12)13)3-4-9(8)15-2/h3-6,14H,1-2H3/t6-/m1/s1. The number of rotatable bonds is 3. The molecule has 0 unspecified atom stereocenters. The van der Waals surface area contributed by atoms with Crippen molar-refractivity contribution in [2.45, 2.75) is 19.4 Å². The average molecular weight is 236 g/mol. The van der Waals surface area contributed by atoms with E-state index in [9.17, 15) is 18.3 Å². The van der Waals surface area contributed by atoms with Gasteiger partial charge in [-0.3, -0.25) is 0 Å². The number of benzene rings is 1. The fraction of sp³-hybridized carbons (Fsp3) is 0.400. The number of hydrogen-bond acceptors (Lipinski definition) is 3. The van der Waals surface area contributed by atoms with E-state index in [2.05, 4.69) is 4.74 Å². The van der Waals surface area contributed by atoms with E-state index in [-0.39, 0.29) is 11.3 Å². The molecule has 1 aromatic carbocycles. The molecule has 1 N–H and O–H groups in total. The van der Waals surface area contributed by atoms with E-state index in [0.717, 1.165) is 12.1 Å². The van der Waals surface area contributed by atoms with Crippen LogP contribution in [0, 0.1) is 0 Å². The van der Waals surface area contributed by atoms with Gasteiger partial charge in [0, 0.05) is 5.56 Å². The molecule has 0 bridgehead atoms. The number of aliphatic hydroxyl groups is 1. The van der Waals surface area contributed by atoms with E-state index < -0.39 is 12.5 Å². The Morgan fingerprint density at radius 1 is 1.31 bits per heavy atom. The van der Waals surface area contributed by atoms with Gasteiger partial charge < -0.3 is 14.6 Å². The summed E-state index contributed by atoms with van der Waals surface area (Å²) in [5.41, 5.74) is 0.240. The lowest BCUT2D eigenvalue weighted by Crippen LogP contribution is -2.17. The number of hydrogen-bond donors (Lipinski definition) is 1. The van der Waals surface area contributed by atoms with E-state index in [1.807, 2.05) is 0 Å². The molecule has 3 nitrogen and oxygen atoms in total. The lowest BCUT2D eigenvalue weighted by Gasteiger charge is -2.14. The molecular weight excluding hydrogens is 225 g/mol. The smallest absolute Gasteiger partial charge is 0.496 e.